The van der Waals surface area contributed by atoms with Gasteiger partial charge in [-0.25, -0.2) is 4.98 Å². The first kappa shape index (κ1) is 18.3. The monoisotopic (exact) mass is 383 g/mol. The van der Waals surface area contributed by atoms with Crippen LogP contribution in [0.5, 0.6) is 0 Å². The summed E-state index contributed by atoms with van der Waals surface area (Å²) in [6.45, 7) is 3.43. The molecule has 3 heterocycles. The molecule has 1 aromatic heterocycles. The van der Waals surface area contributed by atoms with E-state index in [1.165, 1.54) is 5.56 Å². The number of carbonyl (C=O) groups is 1. The van der Waals surface area contributed by atoms with Gasteiger partial charge in [-0.15, -0.1) is 0 Å². The molecule has 0 aliphatic carbocycles. The van der Waals surface area contributed by atoms with Gasteiger partial charge >= 0.3 is 0 Å². The summed E-state index contributed by atoms with van der Waals surface area (Å²) >= 11 is 1.57. The van der Waals surface area contributed by atoms with Crippen molar-refractivity contribution in [1.29, 1.82) is 0 Å². The standard InChI is InChI=1S/C21H25N3O2S/c1-15-13-22-21-24(20(15)26)18(14-27-21)12-19(25)23-9-7-17(8-10-23)11-16-5-3-2-4-6-16/h2-6,13,17-18H,7-12,14H2,1H3/t18-/m1/s1. The third kappa shape index (κ3) is 3.95. The number of likely N-dealkylation sites (tertiary alicyclic amines) is 1. The number of aromatic nitrogens is 2. The second-order valence-corrected chi connectivity index (χ2v) is 8.57. The number of piperidine rings is 1. The van der Waals surface area contributed by atoms with Crippen LogP contribution < -0.4 is 5.56 Å². The van der Waals surface area contributed by atoms with E-state index in [1.54, 1.807) is 29.4 Å². The lowest BCUT2D eigenvalue weighted by atomic mass is 9.90. The lowest BCUT2D eigenvalue weighted by Crippen LogP contribution is -2.40. The predicted molar refractivity (Wildman–Crippen MR) is 107 cm³/mol. The van der Waals surface area contributed by atoms with Crippen LogP contribution in [0.15, 0.2) is 46.5 Å². The zero-order valence-corrected chi connectivity index (χ0v) is 16.5. The highest BCUT2D eigenvalue weighted by Crippen LogP contribution is 2.32. The summed E-state index contributed by atoms with van der Waals surface area (Å²) in [7, 11) is 0. The molecule has 2 aliphatic heterocycles. The summed E-state index contributed by atoms with van der Waals surface area (Å²) in [6, 6.07) is 10.5. The molecule has 0 N–H and O–H groups in total. The summed E-state index contributed by atoms with van der Waals surface area (Å²) in [5.41, 5.74) is 2.01. The van der Waals surface area contributed by atoms with Crippen LogP contribution in [-0.4, -0.2) is 39.2 Å². The van der Waals surface area contributed by atoms with Crippen molar-refractivity contribution in [3.8, 4) is 0 Å². The maximum atomic E-state index is 12.8. The van der Waals surface area contributed by atoms with Crippen LogP contribution in [0.4, 0.5) is 0 Å². The van der Waals surface area contributed by atoms with E-state index in [0.717, 1.165) is 43.3 Å². The molecule has 27 heavy (non-hydrogen) atoms. The summed E-state index contributed by atoms with van der Waals surface area (Å²) in [5, 5.41) is 0.741. The minimum atomic E-state index is -0.0700. The Morgan fingerprint density at radius 2 is 1.96 bits per heavy atom. The molecule has 0 bridgehead atoms. The van der Waals surface area contributed by atoms with Gasteiger partial charge in [0.05, 0.1) is 6.04 Å². The molecule has 1 saturated heterocycles. The van der Waals surface area contributed by atoms with Crippen molar-refractivity contribution in [2.75, 3.05) is 18.8 Å². The SMILES string of the molecule is Cc1cnc2n(c1=O)[C@H](CC(=O)N1CCC(Cc3ccccc3)CC1)CS2. The Hall–Kier alpha value is -2.08. The van der Waals surface area contributed by atoms with E-state index >= 15 is 0 Å². The summed E-state index contributed by atoms with van der Waals surface area (Å²) in [6.07, 6.45) is 5.22. The first-order chi connectivity index (χ1) is 13.1. The Kier molecular flexibility index (Phi) is 5.34. The first-order valence-corrected chi connectivity index (χ1v) is 10.6. The van der Waals surface area contributed by atoms with Gasteiger partial charge in [-0.2, -0.15) is 0 Å². The van der Waals surface area contributed by atoms with Crippen LogP contribution in [0.25, 0.3) is 0 Å². The fraction of sp³-hybridized carbons (Fsp3) is 0.476. The van der Waals surface area contributed by atoms with E-state index in [0.29, 0.717) is 17.9 Å². The average molecular weight is 384 g/mol. The zero-order chi connectivity index (χ0) is 18.8. The molecular formula is C21H25N3O2S. The number of thioether (sulfide) groups is 1. The summed E-state index contributed by atoms with van der Waals surface area (Å²) in [4.78, 5) is 31.6. The lowest BCUT2D eigenvalue weighted by molar-refractivity contribution is -0.133. The third-order valence-electron chi connectivity index (χ3n) is 5.65. The Labute approximate surface area is 163 Å². The van der Waals surface area contributed by atoms with Crippen LogP contribution in [-0.2, 0) is 11.2 Å². The molecule has 0 unspecified atom stereocenters. The smallest absolute Gasteiger partial charge is 0.257 e. The van der Waals surface area contributed by atoms with Crippen molar-refractivity contribution >= 4 is 17.7 Å². The average Bonchev–Trinajstić information content (AvgIpc) is 3.09. The Bertz CT molecular complexity index is 873. The maximum Gasteiger partial charge on any atom is 0.257 e. The zero-order valence-electron chi connectivity index (χ0n) is 15.6. The van der Waals surface area contributed by atoms with E-state index in [2.05, 4.69) is 29.2 Å². The van der Waals surface area contributed by atoms with Gasteiger partial charge in [0.25, 0.3) is 5.56 Å². The van der Waals surface area contributed by atoms with E-state index in [1.807, 2.05) is 11.0 Å². The maximum absolute atomic E-state index is 12.8. The molecule has 142 valence electrons. The Balaban J connectivity index is 1.34. The van der Waals surface area contributed by atoms with Gasteiger partial charge in [0.15, 0.2) is 5.16 Å². The van der Waals surface area contributed by atoms with Crippen molar-refractivity contribution in [3.05, 3.63) is 58.0 Å². The van der Waals surface area contributed by atoms with Crippen LogP contribution >= 0.6 is 11.8 Å². The number of hydrogen-bond donors (Lipinski definition) is 0. The largest absolute Gasteiger partial charge is 0.343 e. The molecule has 2 aliphatic rings. The first-order valence-electron chi connectivity index (χ1n) is 9.64. The van der Waals surface area contributed by atoms with Gasteiger partial charge < -0.3 is 4.90 Å². The van der Waals surface area contributed by atoms with Gasteiger partial charge in [-0.3, -0.25) is 14.2 Å². The van der Waals surface area contributed by atoms with Crippen LogP contribution in [0.2, 0.25) is 0 Å². The van der Waals surface area contributed by atoms with Gasteiger partial charge in [0.1, 0.15) is 0 Å². The minimum absolute atomic E-state index is 0.00984. The fourth-order valence-electron chi connectivity index (χ4n) is 4.04. The molecule has 1 aromatic carbocycles. The van der Waals surface area contributed by atoms with Crippen molar-refractivity contribution in [2.45, 2.75) is 43.8 Å². The number of carbonyl (C=O) groups excluding carboxylic acids is 1. The molecule has 0 spiro atoms. The van der Waals surface area contributed by atoms with E-state index in [-0.39, 0.29) is 17.5 Å². The lowest BCUT2D eigenvalue weighted by Gasteiger charge is -2.33. The highest BCUT2D eigenvalue weighted by Gasteiger charge is 2.30. The number of aryl methyl sites for hydroxylation is 1. The predicted octanol–water partition coefficient (Wildman–Crippen LogP) is 3.07. The number of fused-ring (bicyclic) bond motifs is 1. The molecule has 1 amide bonds. The van der Waals surface area contributed by atoms with Gasteiger partial charge in [-0.05, 0) is 37.7 Å². The van der Waals surface area contributed by atoms with E-state index in [9.17, 15) is 9.59 Å². The van der Waals surface area contributed by atoms with Gasteiger partial charge in [-0.1, -0.05) is 42.1 Å². The molecule has 6 heteroatoms. The molecule has 0 radical (unpaired) electrons. The Morgan fingerprint density at radius 3 is 2.70 bits per heavy atom. The van der Waals surface area contributed by atoms with Crippen molar-refractivity contribution < 1.29 is 4.79 Å². The summed E-state index contributed by atoms with van der Waals surface area (Å²) in [5.74, 6) is 1.57. The number of amides is 1. The normalized spacial score (nSPS) is 19.9. The second-order valence-electron chi connectivity index (χ2n) is 7.58. The van der Waals surface area contributed by atoms with Crippen molar-refractivity contribution in [1.82, 2.24) is 14.5 Å². The number of nitrogens with zero attached hydrogens (tertiary/aromatic N) is 3. The van der Waals surface area contributed by atoms with Gasteiger partial charge in [0.2, 0.25) is 5.91 Å². The number of benzene rings is 1. The Morgan fingerprint density at radius 1 is 1.22 bits per heavy atom. The van der Waals surface area contributed by atoms with E-state index in [4.69, 9.17) is 0 Å². The topological polar surface area (TPSA) is 55.2 Å². The van der Waals surface area contributed by atoms with Crippen LogP contribution in [0.3, 0.4) is 0 Å². The molecule has 1 fully saturated rings. The van der Waals surface area contributed by atoms with E-state index < -0.39 is 0 Å². The van der Waals surface area contributed by atoms with Crippen LogP contribution in [0, 0.1) is 12.8 Å². The molecular weight excluding hydrogens is 358 g/mol. The molecule has 5 nitrogen and oxygen atoms in total. The molecule has 1 atom stereocenters. The molecule has 4 rings (SSSR count). The minimum Gasteiger partial charge on any atom is -0.343 e. The third-order valence-corrected chi connectivity index (χ3v) is 6.76. The second kappa shape index (κ2) is 7.89. The number of hydrogen-bond acceptors (Lipinski definition) is 4. The van der Waals surface area contributed by atoms with Crippen molar-refractivity contribution in [3.63, 3.8) is 0 Å². The highest BCUT2D eigenvalue weighted by molar-refractivity contribution is 7.99. The quantitative estimate of drug-likeness (QED) is 0.762. The highest BCUT2D eigenvalue weighted by atomic mass is 32.2. The summed E-state index contributed by atoms with van der Waals surface area (Å²) < 4.78 is 1.72. The number of rotatable bonds is 4. The molecule has 2 aromatic rings. The van der Waals surface area contributed by atoms with Gasteiger partial charge in [0, 0.05) is 37.0 Å². The van der Waals surface area contributed by atoms with Crippen LogP contribution in [0.1, 0.15) is 36.4 Å². The van der Waals surface area contributed by atoms with Crippen molar-refractivity contribution in [2.24, 2.45) is 5.92 Å². The fourth-order valence-corrected chi connectivity index (χ4v) is 5.14. The molecule has 0 saturated carbocycles.